The van der Waals surface area contributed by atoms with Crippen LogP contribution in [0.25, 0.3) is 11.3 Å². The highest BCUT2D eigenvalue weighted by molar-refractivity contribution is 6.31. The van der Waals surface area contributed by atoms with E-state index < -0.39 is 29.4 Å². The number of hydrogen-bond donors (Lipinski definition) is 0. The Morgan fingerprint density at radius 3 is 2.30 bits per heavy atom. The molecule has 0 unspecified atom stereocenters. The summed E-state index contributed by atoms with van der Waals surface area (Å²) in [6, 6.07) is 5.25. The molecule has 0 spiro atoms. The van der Waals surface area contributed by atoms with Crippen LogP contribution in [-0.4, -0.2) is 23.7 Å². The van der Waals surface area contributed by atoms with Gasteiger partial charge in [-0.05, 0) is 51.1 Å². The summed E-state index contributed by atoms with van der Waals surface area (Å²) in [5.41, 5.74) is -1.96. The van der Waals surface area contributed by atoms with Gasteiger partial charge in [-0.1, -0.05) is 11.6 Å². The van der Waals surface area contributed by atoms with Crippen LogP contribution in [0.2, 0.25) is 5.02 Å². The van der Waals surface area contributed by atoms with Crippen LogP contribution >= 0.6 is 11.6 Å². The van der Waals surface area contributed by atoms with Gasteiger partial charge in [0.25, 0.3) is 0 Å². The number of pyridine rings is 1. The smallest absolute Gasteiger partial charge is 0.433 e. The van der Waals surface area contributed by atoms with Crippen LogP contribution in [0.1, 0.15) is 26.5 Å². The summed E-state index contributed by atoms with van der Waals surface area (Å²) >= 11 is 5.74. The van der Waals surface area contributed by atoms with E-state index in [0.717, 1.165) is 29.2 Å². The molecule has 0 saturated heterocycles. The molecule has 9 heteroatoms. The quantitative estimate of drug-likeness (QED) is 0.582. The number of rotatable bonds is 2. The molecule has 0 atom stereocenters. The Labute approximate surface area is 158 Å². The maximum absolute atomic E-state index is 13.4. The SMILES string of the molecule is CN(C(=O)OC(C)(C)C)c1ccc(C(F)(F)F)nc1-c1ccc(F)c(Cl)c1. The van der Waals surface area contributed by atoms with Gasteiger partial charge in [0.1, 0.15) is 17.1 Å². The van der Waals surface area contributed by atoms with Gasteiger partial charge in [0.15, 0.2) is 0 Å². The van der Waals surface area contributed by atoms with Crippen molar-refractivity contribution in [2.45, 2.75) is 32.5 Å². The number of benzene rings is 1. The Kier molecular flexibility index (Phi) is 5.70. The van der Waals surface area contributed by atoms with Gasteiger partial charge in [-0.2, -0.15) is 13.2 Å². The van der Waals surface area contributed by atoms with Crippen LogP contribution in [0.5, 0.6) is 0 Å². The van der Waals surface area contributed by atoms with Crippen molar-refractivity contribution in [3.05, 3.63) is 46.9 Å². The van der Waals surface area contributed by atoms with Crippen molar-refractivity contribution >= 4 is 23.4 Å². The fraction of sp³-hybridized carbons (Fsp3) is 0.333. The van der Waals surface area contributed by atoms with Crippen LogP contribution < -0.4 is 4.90 Å². The zero-order valence-corrected chi connectivity index (χ0v) is 15.7. The van der Waals surface area contributed by atoms with Crippen molar-refractivity contribution in [2.24, 2.45) is 0 Å². The topological polar surface area (TPSA) is 42.4 Å². The summed E-state index contributed by atoms with van der Waals surface area (Å²) < 4.78 is 57.9. The number of carbonyl (C=O) groups excluding carboxylic acids is 1. The number of aromatic nitrogens is 1. The molecule has 0 saturated carbocycles. The van der Waals surface area contributed by atoms with E-state index in [1.54, 1.807) is 20.8 Å². The molecule has 4 nitrogen and oxygen atoms in total. The second-order valence-electron chi connectivity index (χ2n) is 6.73. The molecule has 1 amide bonds. The molecule has 0 N–H and O–H groups in total. The van der Waals surface area contributed by atoms with E-state index in [0.29, 0.717) is 0 Å². The molecule has 2 aromatic rings. The van der Waals surface area contributed by atoms with Crippen molar-refractivity contribution in [2.75, 3.05) is 11.9 Å². The molecule has 0 aliphatic heterocycles. The van der Waals surface area contributed by atoms with E-state index in [9.17, 15) is 22.4 Å². The Morgan fingerprint density at radius 2 is 1.78 bits per heavy atom. The first-order valence-corrected chi connectivity index (χ1v) is 8.18. The number of carbonyl (C=O) groups is 1. The van der Waals surface area contributed by atoms with Crippen LogP contribution in [-0.2, 0) is 10.9 Å². The van der Waals surface area contributed by atoms with Crippen molar-refractivity contribution in [3.8, 4) is 11.3 Å². The number of amides is 1. The lowest BCUT2D eigenvalue weighted by Gasteiger charge is -2.26. The maximum Gasteiger partial charge on any atom is 0.433 e. The fourth-order valence-electron chi connectivity index (χ4n) is 2.16. The second-order valence-corrected chi connectivity index (χ2v) is 7.14. The number of anilines is 1. The minimum absolute atomic E-state index is 0.0555. The van der Waals surface area contributed by atoms with Gasteiger partial charge in [0, 0.05) is 12.6 Å². The number of hydrogen-bond acceptors (Lipinski definition) is 3. The van der Waals surface area contributed by atoms with Gasteiger partial charge < -0.3 is 4.74 Å². The molecule has 0 radical (unpaired) electrons. The molecule has 0 fully saturated rings. The summed E-state index contributed by atoms with van der Waals surface area (Å²) in [5.74, 6) is -0.727. The molecule has 2 rings (SSSR count). The maximum atomic E-state index is 13.4. The first-order valence-electron chi connectivity index (χ1n) is 7.80. The third-order valence-corrected chi connectivity index (χ3v) is 3.68. The zero-order valence-electron chi connectivity index (χ0n) is 15.0. The molecule has 0 aliphatic rings. The molecular formula is C18H17ClF4N2O2. The van der Waals surface area contributed by atoms with Crippen LogP contribution in [0.4, 0.5) is 28.0 Å². The minimum atomic E-state index is -4.69. The third kappa shape index (κ3) is 5.09. The lowest BCUT2D eigenvalue weighted by Crippen LogP contribution is -2.34. The summed E-state index contributed by atoms with van der Waals surface area (Å²) in [5, 5.41) is -0.280. The van der Waals surface area contributed by atoms with Gasteiger partial charge in [-0.3, -0.25) is 4.90 Å². The number of ether oxygens (including phenoxy) is 1. The summed E-state index contributed by atoms with van der Waals surface area (Å²) in [4.78, 5) is 17.0. The van der Waals surface area contributed by atoms with Gasteiger partial charge in [0.05, 0.1) is 16.4 Å². The van der Waals surface area contributed by atoms with Crippen LogP contribution in [0.3, 0.4) is 0 Å². The van der Waals surface area contributed by atoms with E-state index in [1.807, 2.05) is 0 Å². The first kappa shape index (κ1) is 21.0. The average Bonchev–Trinajstić information content (AvgIpc) is 2.53. The lowest BCUT2D eigenvalue weighted by molar-refractivity contribution is -0.141. The van der Waals surface area contributed by atoms with Crippen molar-refractivity contribution in [1.82, 2.24) is 4.98 Å². The predicted octanol–water partition coefficient (Wildman–Crippen LogP) is 5.93. The second kappa shape index (κ2) is 7.34. The molecule has 146 valence electrons. The largest absolute Gasteiger partial charge is 0.443 e. The fourth-order valence-corrected chi connectivity index (χ4v) is 2.35. The Bertz CT molecular complexity index is 863. The minimum Gasteiger partial charge on any atom is -0.443 e. The van der Waals surface area contributed by atoms with Crippen molar-refractivity contribution < 1.29 is 27.1 Å². The Morgan fingerprint density at radius 1 is 1.15 bits per heavy atom. The molecule has 27 heavy (non-hydrogen) atoms. The molecule has 0 bridgehead atoms. The van der Waals surface area contributed by atoms with E-state index in [4.69, 9.17) is 16.3 Å². The number of nitrogens with zero attached hydrogens (tertiary/aromatic N) is 2. The highest BCUT2D eigenvalue weighted by Gasteiger charge is 2.34. The van der Waals surface area contributed by atoms with E-state index in [-0.39, 0.29) is 22.0 Å². The molecule has 0 aliphatic carbocycles. The van der Waals surface area contributed by atoms with Crippen LogP contribution in [0, 0.1) is 5.82 Å². The summed E-state index contributed by atoms with van der Waals surface area (Å²) in [6.07, 6.45) is -5.47. The normalized spacial score (nSPS) is 12.0. The lowest BCUT2D eigenvalue weighted by atomic mass is 10.1. The van der Waals surface area contributed by atoms with E-state index in [2.05, 4.69) is 4.98 Å². The molecule has 1 aromatic heterocycles. The molecule has 1 heterocycles. The van der Waals surface area contributed by atoms with Gasteiger partial charge in [-0.15, -0.1) is 0 Å². The highest BCUT2D eigenvalue weighted by atomic mass is 35.5. The Hall–Kier alpha value is -2.35. The summed E-state index contributed by atoms with van der Waals surface area (Å²) in [7, 11) is 1.34. The molecular weight excluding hydrogens is 388 g/mol. The van der Waals surface area contributed by atoms with Crippen molar-refractivity contribution in [3.63, 3.8) is 0 Å². The third-order valence-electron chi connectivity index (χ3n) is 3.39. The molecule has 1 aromatic carbocycles. The van der Waals surface area contributed by atoms with E-state index in [1.165, 1.54) is 13.1 Å². The van der Waals surface area contributed by atoms with Crippen LogP contribution in [0.15, 0.2) is 30.3 Å². The van der Waals surface area contributed by atoms with Gasteiger partial charge in [-0.25, -0.2) is 14.2 Å². The monoisotopic (exact) mass is 404 g/mol. The van der Waals surface area contributed by atoms with Gasteiger partial charge in [0.2, 0.25) is 0 Å². The first-order chi connectivity index (χ1) is 12.3. The standard InChI is InChI=1S/C18H17ClF4N2O2/c1-17(2,3)27-16(26)25(4)13-7-8-14(18(21,22)23)24-15(13)10-5-6-12(20)11(19)9-10/h5-9H,1-4H3. The number of halogens is 5. The average molecular weight is 405 g/mol. The highest BCUT2D eigenvalue weighted by Crippen LogP contribution is 2.36. The zero-order chi connectivity index (χ0) is 20.6. The number of alkyl halides is 3. The summed E-state index contributed by atoms with van der Waals surface area (Å²) in [6.45, 7) is 4.97. The van der Waals surface area contributed by atoms with Gasteiger partial charge >= 0.3 is 12.3 Å². The van der Waals surface area contributed by atoms with E-state index >= 15 is 0 Å². The Balaban J connectivity index is 2.59. The van der Waals surface area contributed by atoms with Crippen molar-refractivity contribution in [1.29, 1.82) is 0 Å². The predicted molar refractivity (Wildman–Crippen MR) is 94.3 cm³/mol.